The first-order valence-corrected chi connectivity index (χ1v) is 3.06. The molecule has 2 aliphatic rings. The summed E-state index contributed by atoms with van der Waals surface area (Å²) >= 11 is 0. The van der Waals surface area contributed by atoms with Gasteiger partial charge in [-0.05, 0) is 11.6 Å². The van der Waals surface area contributed by atoms with Gasteiger partial charge in [-0.3, -0.25) is 0 Å². The van der Waals surface area contributed by atoms with Crippen LogP contribution >= 0.6 is 0 Å². The van der Waals surface area contributed by atoms with Crippen LogP contribution < -0.4 is 5.73 Å². The van der Waals surface area contributed by atoms with Crippen molar-refractivity contribution in [3.8, 4) is 0 Å². The van der Waals surface area contributed by atoms with Crippen molar-refractivity contribution in [3.63, 3.8) is 0 Å². The largest absolute Gasteiger partial charge is 0.387 e. The lowest BCUT2D eigenvalue weighted by molar-refractivity contribution is 0.953. The first-order chi connectivity index (χ1) is 4.36. The second kappa shape index (κ2) is 1.47. The van der Waals surface area contributed by atoms with E-state index in [1.807, 2.05) is 6.08 Å². The van der Waals surface area contributed by atoms with Gasteiger partial charge in [0.25, 0.3) is 0 Å². The number of rotatable bonds is 0. The lowest BCUT2D eigenvalue weighted by Crippen LogP contribution is -2.11. The molecule has 0 radical (unpaired) electrons. The number of nitrogens with zero attached hydrogens (tertiary/aromatic N) is 1. The zero-order chi connectivity index (χ0) is 6.27. The molecule has 1 unspecified atom stereocenters. The van der Waals surface area contributed by atoms with E-state index in [2.05, 4.69) is 11.1 Å². The Morgan fingerprint density at radius 3 is 3.44 bits per heavy atom. The average Bonchev–Trinajstić information content (AvgIpc) is 2.43. The number of amidine groups is 1. The summed E-state index contributed by atoms with van der Waals surface area (Å²) in [6, 6.07) is 0. The predicted octanol–water partition coefficient (Wildman–Crippen LogP) is 0.817. The van der Waals surface area contributed by atoms with E-state index >= 15 is 0 Å². The molecule has 1 aliphatic heterocycles. The molecule has 0 bridgehead atoms. The van der Waals surface area contributed by atoms with Gasteiger partial charge in [-0.1, -0.05) is 6.08 Å². The van der Waals surface area contributed by atoms with Gasteiger partial charge in [-0.2, -0.15) is 0 Å². The van der Waals surface area contributed by atoms with Gasteiger partial charge < -0.3 is 5.73 Å². The number of allylic oxidation sites excluding steroid dienone is 3. The van der Waals surface area contributed by atoms with E-state index in [4.69, 9.17) is 5.73 Å². The summed E-state index contributed by atoms with van der Waals surface area (Å²) in [6.45, 7) is 0. The minimum atomic E-state index is 0.618. The molecule has 2 N–H and O–H groups in total. The fraction of sp³-hybridized carbons (Fsp3) is 0.286. The normalized spacial score (nSPS) is 30.0. The van der Waals surface area contributed by atoms with Gasteiger partial charge in [-0.25, -0.2) is 4.99 Å². The van der Waals surface area contributed by atoms with Gasteiger partial charge in [0.1, 0.15) is 0 Å². The second-order valence-electron chi connectivity index (χ2n) is 2.41. The molecule has 0 fully saturated rings. The lowest BCUT2D eigenvalue weighted by Gasteiger charge is -1.92. The summed E-state index contributed by atoms with van der Waals surface area (Å²) in [5, 5.41) is 0. The monoisotopic (exact) mass is 120 g/mol. The highest BCUT2D eigenvalue weighted by molar-refractivity contribution is 5.83. The Hall–Kier alpha value is -1.05. The highest BCUT2D eigenvalue weighted by Gasteiger charge is 2.24. The van der Waals surface area contributed by atoms with Crippen molar-refractivity contribution >= 4 is 5.84 Å². The van der Waals surface area contributed by atoms with Crippen LogP contribution in [0, 0.1) is 5.92 Å². The smallest absolute Gasteiger partial charge is 0.0998 e. The van der Waals surface area contributed by atoms with Crippen molar-refractivity contribution in [2.24, 2.45) is 16.6 Å². The average molecular weight is 120 g/mol. The summed E-state index contributed by atoms with van der Waals surface area (Å²) in [7, 11) is 0. The summed E-state index contributed by atoms with van der Waals surface area (Å²) < 4.78 is 0. The molecule has 9 heavy (non-hydrogen) atoms. The fourth-order valence-electron chi connectivity index (χ4n) is 1.04. The molecule has 46 valence electrons. The number of fused-ring (bicyclic) bond motifs is 1. The third kappa shape index (κ3) is 0.762. The van der Waals surface area contributed by atoms with E-state index in [9.17, 15) is 0 Å². The Kier molecular flexibility index (Phi) is 0.781. The quantitative estimate of drug-likeness (QED) is 0.505. The van der Waals surface area contributed by atoms with Gasteiger partial charge in [0.05, 0.1) is 5.84 Å². The highest BCUT2D eigenvalue weighted by Crippen LogP contribution is 2.34. The molecule has 0 aromatic carbocycles. The van der Waals surface area contributed by atoms with Crippen molar-refractivity contribution < 1.29 is 0 Å². The first kappa shape index (κ1) is 4.79. The van der Waals surface area contributed by atoms with Crippen LogP contribution in [0.1, 0.15) is 6.42 Å². The molecular weight excluding hydrogens is 112 g/mol. The molecule has 1 atom stereocenters. The minimum absolute atomic E-state index is 0.618. The van der Waals surface area contributed by atoms with E-state index in [0.717, 1.165) is 12.3 Å². The number of aliphatic imine (C=N–C) groups is 1. The fourth-order valence-corrected chi connectivity index (χ4v) is 1.04. The maximum Gasteiger partial charge on any atom is 0.0998 e. The Bertz CT molecular complexity index is 223. The summed E-state index contributed by atoms with van der Waals surface area (Å²) in [4.78, 5) is 3.98. The second-order valence-corrected chi connectivity index (χ2v) is 2.41. The van der Waals surface area contributed by atoms with Gasteiger partial charge in [0, 0.05) is 18.5 Å². The first-order valence-electron chi connectivity index (χ1n) is 3.06. The van der Waals surface area contributed by atoms with Crippen molar-refractivity contribution in [1.29, 1.82) is 0 Å². The summed E-state index contributed by atoms with van der Waals surface area (Å²) in [5.41, 5.74) is 6.91. The van der Waals surface area contributed by atoms with Crippen LogP contribution in [0.5, 0.6) is 0 Å². The maximum absolute atomic E-state index is 5.52. The third-order valence-corrected chi connectivity index (χ3v) is 1.65. The minimum Gasteiger partial charge on any atom is -0.387 e. The zero-order valence-electron chi connectivity index (χ0n) is 5.04. The Morgan fingerprint density at radius 2 is 2.56 bits per heavy atom. The molecule has 0 aromatic heterocycles. The molecule has 2 rings (SSSR count). The Morgan fingerprint density at radius 1 is 1.67 bits per heavy atom. The van der Waals surface area contributed by atoms with Gasteiger partial charge in [0.15, 0.2) is 0 Å². The number of hydrogen-bond donors (Lipinski definition) is 1. The number of hydrogen-bond acceptors (Lipinski definition) is 2. The molecule has 1 aliphatic carbocycles. The standard InChI is InChI=1S/C7H8N2/c8-7-4-6-3-5(6)1-2-9-7/h1-3,6H,4H2,(H2,8,9). The molecule has 0 saturated heterocycles. The molecule has 0 amide bonds. The van der Waals surface area contributed by atoms with Gasteiger partial charge >= 0.3 is 0 Å². The SMILES string of the molecule is NC1=NC=CC2=CC2C1. The highest BCUT2D eigenvalue weighted by atomic mass is 14.8. The predicted molar refractivity (Wildman–Crippen MR) is 37.0 cm³/mol. The van der Waals surface area contributed by atoms with E-state index in [0.29, 0.717) is 5.92 Å². The van der Waals surface area contributed by atoms with E-state index < -0.39 is 0 Å². The van der Waals surface area contributed by atoms with Gasteiger partial charge in [-0.15, -0.1) is 0 Å². The Labute approximate surface area is 53.8 Å². The van der Waals surface area contributed by atoms with E-state index in [1.54, 1.807) is 6.20 Å². The molecule has 1 heterocycles. The van der Waals surface area contributed by atoms with Crippen LogP contribution in [0.25, 0.3) is 0 Å². The van der Waals surface area contributed by atoms with Crippen molar-refractivity contribution in [2.45, 2.75) is 6.42 Å². The summed E-state index contributed by atoms with van der Waals surface area (Å²) in [6.07, 6.45) is 6.92. The molecule has 2 nitrogen and oxygen atoms in total. The topological polar surface area (TPSA) is 38.4 Å². The van der Waals surface area contributed by atoms with Crippen LogP contribution in [-0.2, 0) is 0 Å². The van der Waals surface area contributed by atoms with Crippen LogP contribution in [-0.4, -0.2) is 5.84 Å². The molecular formula is C7H8N2. The molecule has 0 spiro atoms. The third-order valence-electron chi connectivity index (χ3n) is 1.65. The van der Waals surface area contributed by atoms with Gasteiger partial charge in [0.2, 0.25) is 0 Å². The van der Waals surface area contributed by atoms with Crippen LogP contribution in [0.2, 0.25) is 0 Å². The van der Waals surface area contributed by atoms with Crippen LogP contribution in [0.3, 0.4) is 0 Å². The van der Waals surface area contributed by atoms with Crippen molar-refractivity contribution in [1.82, 2.24) is 0 Å². The Balaban J connectivity index is 2.21. The molecule has 0 aromatic rings. The van der Waals surface area contributed by atoms with Crippen molar-refractivity contribution in [2.75, 3.05) is 0 Å². The number of nitrogens with two attached hydrogens (primary N) is 1. The lowest BCUT2D eigenvalue weighted by atomic mass is 10.2. The molecule has 0 saturated carbocycles. The van der Waals surface area contributed by atoms with E-state index in [1.165, 1.54) is 5.57 Å². The zero-order valence-corrected chi connectivity index (χ0v) is 5.04. The molecule has 2 heteroatoms. The van der Waals surface area contributed by atoms with Crippen LogP contribution in [0.15, 0.2) is 28.9 Å². The van der Waals surface area contributed by atoms with Crippen LogP contribution in [0.4, 0.5) is 0 Å². The summed E-state index contributed by atoms with van der Waals surface area (Å²) in [5.74, 6) is 1.37. The van der Waals surface area contributed by atoms with E-state index in [-0.39, 0.29) is 0 Å². The maximum atomic E-state index is 5.52. The van der Waals surface area contributed by atoms with Crippen molar-refractivity contribution in [3.05, 3.63) is 23.9 Å².